The highest BCUT2D eigenvalue weighted by molar-refractivity contribution is 5.27. The third-order valence-corrected chi connectivity index (χ3v) is 4.59. The zero-order valence-electron chi connectivity index (χ0n) is 10.2. The summed E-state index contributed by atoms with van der Waals surface area (Å²) >= 11 is 0. The van der Waals surface area contributed by atoms with E-state index in [1.54, 1.807) is 0 Å². The van der Waals surface area contributed by atoms with Gasteiger partial charge in [-0.3, -0.25) is 0 Å². The van der Waals surface area contributed by atoms with Crippen LogP contribution in [0.3, 0.4) is 0 Å². The minimum atomic E-state index is 0.516. The van der Waals surface area contributed by atoms with Crippen molar-refractivity contribution < 1.29 is 0 Å². The molecule has 0 fully saturated rings. The van der Waals surface area contributed by atoms with Gasteiger partial charge in [-0.1, -0.05) is 38.8 Å². The maximum absolute atomic E-state index is 2.45. The van der Waals surface area contributed by atoms with Crippen molar-refractivity contribution >= 4 is 0 Å². The lowest BCUT2D eigenvalue weighted by molar-refractivity contribution is 0.269. The van der Waals surface area contributed by atoms with Gasteiger partial charge in [0.25, 0.3) is 0 Å². The molecule has 2 aliphatic carbocycles. The van der Waals surface area contributed by atoms with Crippen LogP contribution in [0.2, 0.25) is 0 Å². The zero-order valence-corrected chi connectivity index (χ0v) is 10.2. The Morgan fingerprint density at radius 3 is 2.43 bits per heavy atom. The van der Waals surface area contributed by atoms with E-state index in [1.165, 1.54) is 32.1 Å². The number of hydrogen-bond donors (Lipinski definition) is 0. The third kappa shape index (κ3) is 1.64. The van der Waals surface area contributed by atoms with Crippen LogP contribution in [-0.4, -0.2) is 0 Å². The van der Waals surface area contributed by atoms with Crippen LogP contribution in [0.25, 0.3) is 0 Å². The van der Waals surface area contributed by atoms with E-state index < -0.39 is 0 Å². The predicted octanol–water partition coefficient (Wildman–Crippen LogP) is 4.56. The fourth-order valence-corrected chi connectivity index (χ4v) is 3.28. The van der Waals surface area contributed by atoms with Gasteiger partial charge >= 0.3 is 0 Å². The summed E-state index contributed by atoms with van der Waals surface area (Å²) in [6, 6.07) is 0. The van der Waals surface area contributed by atoms with Crippen molar-refractivity contribution in [2.24, 2.45) is 17.3 Å². The van der Waals surface area contributed by atoms with E-state index in [0.717, 1.165) is 11.8 Å². The second kappa shape index (κ2) is 3.40. The van der Waals surface area contributed by atoms with Crippen molar-refractivity contribution in [1.82, 2.24) is 0 Å². The Morgan fingerprint density at radius 2 is 1.71 bits per heavy atom. The van der Waals surface area contributed by atoms with Crippen LogP contribution < -0.4 is 0 Å². The van der Waals surface area contributed by atoms with E-state index in [2.05, 4.69) is 27.7 Å². The molecule has 2 aliphatic rings. The molecule has 80 valence electrons. The van der Waals surface area contributed by atoms with Gasteiger partial charge in [-0.15, -0.1) is 0 Å². The highest BCUT2D eigenvalue weighted by Gasteiger charge is 2.34. The van der Waals surface area contributed by atoms with Gasteiger partial charge in [-0.2, -0.15) is 0 Å². The van der Waals surface area contributed by atoms with Crippen molar-refractivity contribution in [3.63, 3.8) is 0 Å². The minimum absolute atomic E-state index is 0.516. The summed E-state index contributed by atoms with van der Waals surface area (Å²) in [7, 11) is 0. The van der Waals surface area contributed by atoms with E-state index in [-0.39, 0.29) is 0 Å². The molecule has 0 spiro atoms. The van der Waals surface area contributed by atoms with Gasteiger partial charge < -0.3 is 0 Å². The van der Waals surface area contributed by atoms with Crippen molar-refractivity contribution in [2.75, 3.05) is 0 Å². The lowest BCUT2D eigenvalue weighted by atomic mass is 9.64. The standard InChI is InChI=1S/C14H24/c1-10-8-12-6-5-7-14(3,4)13(12)9-11(10)2/h10-11H,5-9H2,1-4H3. The monoisotopic (exact) mass is 192 g/mol. The fourth-order valence-electron chi connectivity index (χ4n) is 3.28. The summed E-state index contributed by atoms with van der Waals surface area (Å²) in [5.41, 5.74) is 4.17. The minimum Gasteiger partial charge on any atom is -0.0702 e. The first-order chi connectivity index (χ1) is 6.50. The van der Waals surface area contributed by atoms with E-state index >= 15 is 0 Å². The molecular formula is C14H24. The largest absolute Gasteiger partial charge is 0.0702 e. The molecule has 2 unspecified atom stereocenters. The molecule has 0 aromatic carbocycles. The number of allylic oxidation sites excluding steroid dienone is 2. The molecular weight excluding hydrogens is 168 g/mol. The third-order valence-electron chi connectivity index (χ3n) is 4.59. The normalized spacial score (nSPS) is 36.9. The SMILES string of the molecule is CC1CC2=C(CC1C)C(C)(C)CCC2. The van der Waals surface area contributed by atoms with Crippen molar-refractivity contribution in [2.45, 2.75) is 59.8 Å². The van der Waals surface area contributed by atoms with Crippen molar-refractivity contribution in [3.05, 3.63) is 11.1 Å². The van der Waals surface area contributed by atoms with Crippen LogP contribution in [0.15, 0.2) is 11.1 Å². The Labute approximate surface area is 88.8 Å². The van der Waals surface area contributed by atoms with Crippen molar-refractivity contribution in [1.29, 1.82) is 0 Å². The van der Waals surface area contributed by atoms with Crippen molar-refractivity contribution in [3.8, 4) is 0 Å². The Morgan fingerprint density at radius 1 is 1.07 bits per heavy atom. The van der Waals surface area contributed by atoms with Crippen LogP contribution in [0.5, 0.6) is 0 Å². The van der Waals surface area contributed by atoms with Gasteiger partial charge in [0.1, 0.15) is 0 Å². The second-order valence-electron chi connectivity index (χ2n) is 6.18. The molecule has 0 saturated carbocycles. The van der Waals surface area contributed by atoms with Gasteiger partial charge in [0.15, 0.2) is 0 Å². The van der Waals surface area contributed by atoms with Gasteiger partial charge in [-0.05, 0) is 49.4 Å². The molecule has 0 saturated heterocycles. The first-order valence-corrected chi connectivity index (χ1v) is 6.22. The smallest absolute Gasteiger partial charge is 0.0142 e. The van der Waals surface area contributed by atoms with Crippen LogP contribution >= 0.6 is 0 Å². The van der Waals surface area contributed by atoms with Crippen LogP contribution in [-0.2, 0) is 0 Å². The maximum Gasteiger partial charge on any atom is -0.0142 e. The Kier molecular flexibility index (Phi) is 2.49. The summed E-state index contributed by atoms with van der Waals surface area (Å²) in [6.45, 7) is 9.75. The van der Waals surface area contributed by atoms with E-state index in [0.29, 0.717) is 5.41 Å². The van der Waals surface area contributed by atoms with E-state index in [9.17, 15) is 0 Å². The average molecular weight is 192 g/mol. The van der Waals surface area contributed by atoms with Gasteiger partial charge in [-0.25, -0.2) is 0 Å². The molecule has 0 aromatic rings. The summed E-state index contributed by atoms with van der Waals surface area (Å²) in [5.74, 6) is 1.83. The van der Waals surface area contributed by atoms with Gasteiger partial charge in [0.05, 0.1) is 0 Å². The molecule has 0 aliphatic heterocycles. The number of hydrogen-bond acceptors (Lipinski definition) is 0. The van der Waals surface area contributed by atoms with E-state index in [1.807, 2.05) is 11.1 Å². The molecule has 0 N–H and O–H groups in total. The maximum atomic E-state index is 2.45. The van der Waals surface area contributed by atoms with E-state index in [4.69, 9.17) is 0 Å². The molecule has 14 heavy (non-hydrogen) atoms. The van der Waals surface area contributed by atoms with Gasteiger partial charge in [0.2, 0.25) is 0 Å². The summed E-state index contributed by atoms with van der Waals surface area (Å²) in [4.78, 5) is 0. The van der Waals surface area contributed by atoms with Crippen LogP contribution in [0.1, 0.15) is 59.8 Å². The molecule has 0 amide bonds. The topological polar surface area (TPSA) is 0 Å². The molecule has 0 radical (unpaired) electrons. The van der Waals surface area contributed by atoms with Gasteiger partial charge in [0, 0.05) is 0 Å². The number of rotatable bonds is 0. The summed E-state index contributed by atoms with van der Waals surface area (Å²) < 4.78 is 0. The highest BCUT2D eigenvalue weighted by Crippen LogP contribution is 2.49. The quantitative estimate of drug-likeness (QED) is 0.494. The average Bonchev–Trinajstić information content (AvgIpc) is 2.08. The van der Waals surface area contributed by atoms with Crippen LogP contribution in [0, 0.1) is 17.3 Å². The molecule has 0 heteroatoms. The Bertz CT molecular complexity index is 257. The highest BCUT2D eigenvalue weighted by atomic mass is 14.4. The first kappa shape index (κ1) is 10.3. The molecule has 2 rings (SSSR count). The second-order valence-corrected chi connectivity index (χ2v) is 6.18. The van der Waals surface area contributed by atoms with Crippen LogP contribution in [0.4, 0.5) is 0 Å². The zero-order chi connectivity index (χ0) is 10.3. The predicted molar refractivity (Wildman–Crippen MR) is 62.2 cm³/mol. The molecule has 0 nitrogen and oxygen atoms in total. The lowest BCUT2D eigenvalue weighted by Crippen LogP contribution is -2.28. The Balaban J connectivity index is 2.30. The Hall–Kier alpha value is -0.260. The summed E-state index contributed by atoms with van der Waals surface area (Å²) in [6.07, 6.45) is 7.00. The molecule has 2 atom stereocenters. The first-order valence-electron chi connectivity index (χ1n) is 6.22. The molecule has 0 heterocycles. The summed E-state index contributed by atoms with van der Waals surface area (Å²) in [5, 5.41) is 0. The molecule has 0 bridgehead atoms. The molecule has 0 aromatic heterocycles. The lowest BCUT2D eigenvalue weighted by Gasteiger charge is -2.42. The fraction of sp³-hybridized carbons (Fsp3) is 0.857.